The van der Waals surface area contributed by atoms with Crippen molar-refractivity contribution >= 4 is 11.9 Å². The Balaban J connectivity index is 2.40. The maximum Gasteiger partial charge on any atom is 0.220 e. The summed E-state index contributed by atoms with van der Waals surface area (Å²) in [6.45, 7) is 2.19. The smallest absolute Gasteiger partial charge is 0.220 e. The van der Waals surface area contributed by atoms with Gasteiger partial charge in [0.25, 0.3) is 0 Å². The average molecular weight is 308 g/mol. The summed E-state index contributed by atoms with van der Waals surface area (Å²) in [5, 5.41) is 13.2. The van der Waals surface area contributed by atoms with Gasteiger partial charge in [0, 0.05) is 18.9 Å². The second-order valence-electron chi connectivity index (χ2n) is 5.17. The SMILES string of the molecule is COc1ccc(CCNC(=O)C[C@H](C)CC(=O)[O-])cc1OC. The Hall–Kier alpha value is -2.24. The van der Waals surface area contributed by atoms with Crippen molar-refractivity contribution in [1.82, 2.24) is 5.32 Å². The molecular formula is C16H22NO5-. The van der Waals surface area contributed by atoms with E-state index in [2.05, 4.69) is 5.32 Å². The lowest BCUT2D eigenvalue weighted by molar-refractivity contribution is -0.306. The lowest BCUT2D eigenvalue weighted by Crippen LogP contribution is -2.30. The molecule has 0 saturated heterocycles. The van der Waals surface area contributed by atoms with E-state index in [4.69, 9.17) is 9.47 Å². The summed E-state index contributed by atoms with van der Waals surface area (Å²) >= 11 is 0. The summed E-state index contributed by atoms with van der Waals surface area (Å²) in [5.74, 6) is -0.216. The zero-order valence-corrected chi connectivity index (χ0v) is 13.2. The molecule has 0 unspecified atom stereocenters. The first-order valence-corrected chi connectivity index (χ1v) is 7.13. The third kappa shape index (κ3) is 6.03. The van der Waals surface area contributed by atoms with Gasteiger partial charge in [-0.2, -0.15) is 0 Å². The molecule has 0 saturated carbocycles. The lowest BCUT2D eigenvalue weighted by Gasteiger charge is -2.12. The molecule has 6 nitrogen and oxygen atoms in total. The molecule has 122 valence electrons. The number of methoxy groups -OCH3 is 2. The number of aliphatic carboxylic acids is 1. The van der Waals surface area contributed by atoms with Gasteiger partial charge in [-0.25, -0.2) is 0 Å². The summed E-state index contributed by atoms with van der Waals surface area (Å²) in [5.41, 5.74) is 1.01. The van der Waals surface area contributed by atoms with Gasteiger partial charge in [-0.05, 0) is 36.5 Å². The van der Waals surface area contributed by atoms with Gasteiger partial charge in [-0.1, -0.05) is 13.0 Å². The lowest BCUT2D eigenvalue weighted by atomic mass is 10.0. The number of amides is 1. The van der Waals surface area contributed by atoms with Crippen LogP contribution in [0.2, 0.25) is 0 Å². The number of hydrogen-bond acceptors (Lipinski definition) is 5. The maximum absolute atomic E-state index is 11.7. The van der Waals surface area contributed by atoms with Crippen molar-refractivity contribution in [3.63, 3.8) is 0 Å². The van der Waals surface area contributed by atoms with Crippen LogP contribution in [-0.4, -0.2) is 32.6 Å². The predicted octanol–water partition coefficient (Wildman–Crippen LogP) is 0.529. The largest absolute Gasteiger partial charge is 0.550 e. The van der Waals surface area contributed by atoms with Crippen molar-refractivity contribution in [1.29, 1.82) is 0 Å². The third-order valence-electron chi connectivity index (χ3n) is 3.23. The number of carbonyl (C=O) groups excluding carboxylic acids is 2. The van der Waals surface area contributed by atoms with Crippen LogP contribution in [0, 0.1) is 5.92 Å². The van der Waals surface area contributed by atoms with E-state index in [1.807, 2.05) is 18.2 Å². The minimum Gasteiger partial charge on any atom is -0.550 e. The van der Waals surface area contributed by atoms with Crippen molar-refractivity contribution < 1.29 is 24.2 Å². The Morgan fingerprint density at radius 2 is 1.86 bits per heavy atom. The van der Waals surface area contributed by atoms with Gasteiger partial charge >= 0.3 is 0 Å². The summed E-state index contributed by atoms with van der Waals surface area (Å²) in [6, 6.07) is 5.59. The van der Waals surface area contributed by atoms with Crippen LogP contribution in [-0.2, 0) is 16.0 Å². The Labute approximate surface area is 130 Å². The molecule has 0 heterocycles. The van der Waals surface area contributed by atoms with E-state index in [0.717, 1.165) is 5.56 Å². The van der Waals surface area contributed by atoms with E-state index in [1.54, 1.807) is 21.1 Å². The summed E-state index contributed by atoms with van der Waals surface area (Å²) in [7, 11) is 3.15. The van der Waals surface area contributed by atoms with Gasteiger partial charge < -0.3 is 24.7 Å². The van der Waals surface area contributed by atoms with Crippen molar-refractivity contribution in [2.24, 2.45) is 5.92 Å². The molecule has 22 heavy (non-hydrogen) atoms. The average Bonchev–Trinajstić information content (AvgIpc) is 2.45. The Morgan fingerprint density at radius 1 is 1.18 bits per heavy atom. The van der Waals surface area contributed by atoms with Gasteiger partial charge in [-0.3, -0.25) is 4.79 Å². The van der Waals surface area contributed by atoms with E-state index in [1.165, 1.54) is 0 Å². The number of nitrogens with one attached hydrogen (secondary N) is 1. The van der Waals surface area contributed by atoms with E-state index < -0.39 is 5.97 Å². The van der Waals surface area contributed by atoms with Crippen LogP contribution in [0.25, 0.3) is 0 Å². The van der Waals surface area contributed by atoms with Crippen LogP contribution >= 0.6 is 0 Å². The molecule has 1 rings (SSSR count). The normalized spacial score (nSPS) is 11.6. The summed E-state index contributed by atoms with van der Waals surface area (Å²) in [6.07, 6.45) is 0.726. The van der Waals surface area contributed by atoms with Crippen molar-refractivity contribution in [3.8, 4) is 11.5 Å². The van der Waals surface area contributed by atoms with Gasteiger partial charge in [0.1, 0.15) is 0 Å². The molecule has 0 radical (unpaired) electrons. The number of ether oxygens (including phenoxy) is 2. The second-order valence-corrected chi connectivity index (χ2v) is 5.17. The van der Waals surface area contributed by atoms with Crippen LogP contribution in [0.4, 0.5) is 0 Å². The predicted molar refractivity (Wildman–Crippen MR) is 79.7 cm³/mol. The molecule has 0 aliphatic carbocycles. The Bertz CT molecular complexity index is 515. The molecule has 1 atom stereocenters. The highest BCUT2D eigenvalue weighted by molar-refractivity contribution is 5.76. The molecule has 1 aromatic carbocycles. The molecule has 6 heteroatoms. The highest BCUT2D eigenvalue weighted by Crippen LogP contribution is 2.27. The molecular weight excluding hydrogens is 286 g/mol. The molecule has 0 aliphatic heterocycles. The van der Waals surface area contributed by atoms with Crippen LogP contribution < -0.4 is 19.9 Å². The zero-order valence-electron chi connectivity index (χ0n) is 13.2. The van der Waals surface area contributed by atoms with Gasteiger partial charge in [0.2, 0.25) is 5.91 Å². The van der Waals surface area contributed by atoms with Crippen LogP contribution in [0.5, 0.6) is 11.5 Å². The number of carboxylic acids is 1. The molecule has 1 amide bonds. The van der Waals surface area contributed by atoms with Gasteiger partial charge in [0.15, 0.2) is 11.5 Å². The number of carboxylic acid groups (broad SMARTS) is 1. The minimum atomic E-state index is -1.13. The van der Waals surface area contributed by atoms with E-state index >= 15 is 0 Å². The van der Waals surface area contributed by atoms with Crippen LogP contribution in [0.3, 0.4) is 0 Å². The third-order valence-corrected chi connectivity index (χ3v) is 3.23. The van der Waals surface area contributed by atoms with E-state index in [9.17, 15) is 14.7 Å². The quantitative estimate of drug-likeness (QED) is 0.719. The topological polar surface area (TPSA) is 87.7 Å². The van der Waals surface area contributed by atoms with Crippen LogP contribution in [0.1, 0.15) is 25.3 Å². The first-order chi connectivity index (χ1) is 10.5. The minimum absolute atomic E-state index is 0.108. The number of benzene rings is 1. The van der Waals surface area contributed by atoms with Gasteiger partial charge in [-0.15, -0.1) is 0 Å². The zero-order chi connectivity index (χ0) is 16.5. The van der Waals surface area contributed by atoms with Crippen LogP contribution in [0.15, 0.2) is 18.2 Å². The number of rotatable bonds is 9. The highest BCUT2D eigenvalue weighted by atomic mass is 16.5. The molecule has 0 bridgehead atoms. The Morgan fingerprint density at radius 3 is 2.45 bits per heavy atom. The first-order valence-electron chi connectivity index (χ1n) is 7.13. The van der Waals surface area contributed by atoms with E-state index in [0.29, 0.717) is 24.5 Å². The second kappa shape index (κ2) is 8.92. The molecule has 0 aliphatic rings. The fourth-order valence-corrected chi connectivity index (χ4v) is 2.13. The van der Waals surface area contributed by atoms with Crippen molar-refractivity contribution in [2.45, 2.75) is 26.2 Å². The molecule has 0 fully saturated rings. The summed E-state index contributed by atoms with van der Waals surface area (Å²) < 4.78 is 10.4. The number of carbonyl (C=O) groups is 2. The monoisotopic (exact) mass is 308 g/mol. The first kappa shape index (κ1) is 17.8. The van der Waals surface area contributed by atoms with Gasteiger partial charge in [0.05, 0.1) is 14.2 Å². The standard InChI is InChI=1S/C16H23NO5/c1-11(9-16(19)20)8-15(18)17-7-6-12-4-5-13(21-2)14(10-12)22-3/h4-5,10-11H,6-9H2,1-3H3,(H,17,18)(H,19,20)/p-1/t11-/m0/s1. The fourth-order valence-electron chi connectivity index (χ4n) is 2.13. The maximum atomic E-state index is 11.7. The number of hydrogen-bond donors (Lipinski definition) is 1. The van der Waals surface area contributed by atoms with Crippen molar-refractivity contribution in [3.05, 3.63) is 23.8 Å². The molecule has 1 N–H and O–H groups in total. The molecule has 0 spiro atoms. The van der Waals surface area contributed by atoms with Crippen molar-refractivity contribution in [2.75, 3.05) is 20.8 Å². The molecule has 0 aromatic heterocycles. The Kier molecular flexibility index (Phi) is 7.22. The summed E-state index contributed by atoms with van der Waals surface area (Å²) in [4.78, 5) is 22.1. The molecule has 1 aromatic rings. The van der Waals surface area contributed by atoms with E-state index in [-0.39, 0.29) is 24.7 Å². The fraction of sp³-hybridized carbons (Fsp3) is 0.500. The highest BCUT2D eigenvalue weighted by Gasteiger charge is 2.09.